The first-order chi connectivity index (χ1) is 14.5. The van der Waals surface area contributed by atoms with Crippen LogP contribution in [0.1, 0.15) is 50.3 Å². The summed E-state index contributed by atoms with van der Waals surface area (Å²) >= 11 is 0. The number of nitrogens with one attached hydrogen (secondary N) is 1. The Labute approximate surface area is 185 Å². The Morgan fingerprint density at radius 1 is 1.10 bits per heavy atom. The van der Waals surface area contributed by atoms with Crippen LogP contribution >= 0.6 is 0 Å². The first kappa shape index (κ1) is 23.1. The van der Waals surface area contributed by atoms with E-state index in [0.29, 0.717) is 12.1 Å². The molecule has 2 aromatic rings. The second kappa shape index (κ2) is 8.91. The van der Waals surface area contributed by atoms with Gasteiger partial charge in [0.25, 0.3) is 0 Å². The third kappa shape index (κ3) is 5.79. The van der Waals surface area contributed by atoms with Gasteiger partial charge in [0.2, 0.25) is 15.9 Å². The maximum Gasteiger partial charge on any atom is 0.229 e. The van der Waals surface area contributed by atoms with Crippen molar-refractivity contribution in [1.82, 2.24) is 0 Å². The van der Waals surface area contributed by atoms with Gasteiger partial charge in [0.05, 0.1) is 13.4 Å². The molecule has 0 aliphatic carbocycles. The zero-order valence-corrected chi connectivity index (χ0v) is 19.8. The Morgan fingerprint density at radius 2 is 1.77 bits per heavy atom. The number of rotatable bonds is 7. The second-order valence-electron chi connectivity index (χ2n) is 9.16. The van der Waals surface area contributed by atoms with Crippen LogP contribution < -0.4 is 14.4 Å². The van der Waals surface area contributed by atoms with Gasteiger partial charge in [-0.15, -0.1) is 0 Å². The summed E-state index contributed by atoms with van der Waals surface area (Å²) in [6.07, 6.45) is 4.15. The normalized spacial score (nSPS) is 14.7. The van der Waals surface area contributed by atoms with E-state index in [-0.39, 0.29) is 11.3 Å². The van der Waals surface area contributed by atoms with Gasteiger partial charge in [-0.25, -0.2) is 8.42 Å². The molecule has 1 aliphatic rings. The molecule has 6 nitrogen and oxygen atoms in total. The number of sulfonamides is 1. The lowest BCUT2D eigenvalue weighted by Gasteiger charge is -2.27. The zero-order valence-electron chi connectivity index (χ0n) is 19.0. The number of carbonyl (C=O) groups is 1. The molecule has 0 aromatic heterocycles. The van der Waals surface area contributed by atoms with Crippen LogP contribution in [0.2, 0.25) is 0 Å². The highest BCUT2D eigenvalue weighted by molar-refractivity contribution is 7.92. The maximum absolute atomic E-state index is 12.4. The molecule has 1 amide bonds. The first-order valence-electron chi connectivity index (χ1n) is 10.6. The summed E-state index contributed by atoms with van der Waals surface area (Å²) < 4.78 is 31.1. The van der Waals surface area contributed by atoms with E-state index >= 15 is 0 Å². The highest BCUT2D eigenvalue weighted by Crippen LogP contribution is 2.39. The van der Waals surface area contributed by atoms with E-state index in [1.165, 1.54) is 0 Å². The Kier molecular flexibility index (Phi) is 6.65. The summed E-state index contributed by atoms with van der Waals surface area (Å²) in [5.74, 6) is 1.04. The number of nitrogens with zero attached hydrogens (tertiary/aromatic N) is 1. The Balaban J connectivity index is 1.89. The molecule has 31 heavy (non-hydrogen) atoms. The van der Waals surface area contributed by atoms with Crippen LogP contribution in [-0.4, -0.2) is 34.2 Å². The van der Waals surface area contributed by atoms with E-state index in [4.69, 9.17) is 4.74 Å². The van der Waals surface area contributed by atoms with E-state index in [1.54, 1.807) is 19.2 Å². The molecule has 7 heteroatoms. The highest BCUT2D eigenvalue weighted by Gasteiger charge is 2.27. The number of aryl methyl sites for hydroxylation is 2. The van der Waals surface area contributed by atoms with Crippen molar-refractivity contribution in [3.05, 3.63) is 53.1 Å². The highest BCUT2D eigenvalue weighted by atomic mass is 32.2. The minimum atomic E-state index is -3.29. The summed E-state index contributed by atoms with van der Waals surface area (Å²) in [4.78, 5) is 14.2. The van der Waals surface area contributed by atoms with Crippen LogP contribution in [0.4, 0.5) is 11.4 Å². The first-order valence-corrected chi connectivity index (χ1v) is 12.5. The Morgan fingerprint density at radius 3 is 2.29 bits per heavy atom. The largest absolute Gasteiger partial charge is 0.496 e. The van der Waals surface area contributed by atoms with Gasteiger partial charge in [-0.3, -0.25) is 9.52 Å². The van der Waals surface area contributed by atoms with Crippen LogP contribution in [-0.2, 0) is 33.1 Å². The lowest BCUT2D eigenvalue weighted by molar-refractivity contribution is -0.117. The monoisotopic (exact) mass is 444 g/mol. The van der Waals surface area contributed by atoms with Gasteiger partial charge in [-0.05, 0) is 60.1 Å². The molecule has 2 aromatic carbocycles. The van der Waals surface area contributed by atoms with E-state index in [9.17, 15) is 13.2 Å². The van der Waals surface area contributed by atoms with Crippen molar-refractivity contribution >= 4 is 27.3 Å². The average molecular weight is 445 g/mol. The predicted molar refractivity (Wildman–Crippen MR) is 126 cm³/mol. The molecule has 0 atom stereocenters. The quantitative estimate of drug-likeness (QED) is 0.692. The molecule has 1 heterocycles. The summed E-state index contributed by atoms with van der Waals surface area (Å²) in [5.41, 5.74) is 4.63. The Hall–Kier alpha value is -2.54. The minimum Gasteiger partial charge on any atom is -0.496 e. The molecular weight excluding hydrogens is 412 g/mol. The van der Waals surface area contributed by atoms with Crippen molar-refractivity contribution in [2.45, 2.75) is 51.9 Å². The van der Waals surface area contributed by atoms with E-state index in [1.807, 2.05) is 17.0 Å². The van der Waals surface area contributed by atoms with Crippen LogP contribution in [0.3, 0.4) is 0 Å². The Bertz CT molecular complexity index is 1050. The van der Waals surface area contributed by atoms with Crippen molar-refractivity contribution in [3.63, 3.8) is 0 Å². The lowest BCUT2D eigenvalue weighted by atomic mass is 9.84. The van der Waals surface area contributed by atoms with Gasteiger partial charge in [-0.1, -0.05) is 32.9 Å². The van der Waals surface area contributed by atoms with Gasteiger partial charge < -0.3 is 9.64 Å². The third-order valence-corrected chi connectivity index (χ3v) is 6.09. The summed E-state index contributed by atoms with van der Waals surface area (Å²) in [5, 5.41) is 0. The van der Waals surface area contributed by atoms with Gasteiger partial charge in [0.1, 0.15) is 5.75 Å². The van der Waals surface area contributed by atoms with Gasteiger partial charge >= 0.3 is 0 Å². The van der Waals surface area contributed by atoms with Gasteiger partial charge in [0.15, 0.2) is 0 Å². The van der Waals surface area contributed by atoms with Crippen LogP contribution in [0, 0.1) is 0 Å². The number of hydrogen-bond acceptors (Lipinski definition) is 4. The van der Waals surface area contributed by atoms with E-state index in [0.717, 1.165) is 60.2 Å². The topological polar surface area (TPSA) is 75.7 Å². The molecule has 3 rings (SSSR count). The predicted octanol–water partition coefficient (Wildman–Crippen LogP) is 4.28. The zero-order chi connectivity index (χ0) is 22.8. The molecule has 1 N–H and O–H groups in total. The number of ether oxygens (including phenoxy) is 1. The van der Waals surface area contributed by atoms with Crippen molar-refractivity contribution < 1.29 is 17.9 Å². The van der Waals surface area contributed by atoms with Gasteiger partial charge in [-0.2, -0.15) is 0 Å². The molecule has 0 saturated carbocycles. The summed E-state index contributed by atoms with van der Waals surface area (Å²) in [7, 11) is -1.59. The molecule has 0 bridgehead atoms. The molecule has 1 fully saturated rings. The lowest BCUT2D eigenvalue weighted by Crippen LogP contribution is -2.25. The fraction of sp³-hybridized carbons (Fsp3) is 0.458. The van der Waals surface area contributed by atoms with Crippen molar-refractivity contribution in [1.29, 1.82) is 0 Å². The third-order valence-electron chi connectivity index (χ3n) is 5.49. The number of anilines is 2. The molecule has 0 unspecified atom stereocenters. The van der Waals surface area contributed by atoms with Crippen LogP contribution in [0.15, 0.2) is 36.4 Å². The molecule has 1 aliphatic heterocycles. The summed E-state index contributed by atoms with van der Waals surface area (Å²) in [6.45, 7) is 7.20. The molecule has 1 saturated heterocycles. The molecular formula is C24H32N2O4S. The van der Waals surface area contributed by atoms with E-state index in [2.05, 4.69) is 37.6 Å². The number of carbonyl (C=O) groups excluding carboxylic acids is 1. The fourth-order valence-electron chi connectivity index (χ4n) is 3.97. The standard InChI is InChI=1S/C24H32N2O4S/c1-24(2,3)21-16-20(26-14-6-7-22(26)27)15-18(23(21)30-4)11-8-17-9-12-19(13-10-17)25-31(5,28)29/h9-10,12-13,15-16,25H,6-8,11,14H2,1-5H3. The van der Waals surface area contributed by atoms with Crippen molar-refractivity contribution in [2.75, 3.05) is 29.5 Å². The fourth-order valence-corrected chi connectivity index (χ4v) is 4.53. The summed E-state index contributed by atoms with van der Waals surface area (Å²) in [6, 6.07) is 11.6. The average Bonchev–Trinajstić information content (AvgIpc) is 3.10. The molecule has 168 valence electrons. The smallest absolute Gasteiger partial charge is 0.229 e. The number of benzene rings is 2. The minimum absolute atomic E-state index is 0.127. The molecule has 0 radical (unpaired) electrons. The van der Waals surface area contributed by atoms with Crippen LogP contribution in [0.5, 0.6) is 5.75 Å². The second-order valence-corrected chi connectivity index (χ2v) is 10.9. The van der Waals surface area contributed by atoms with E-state index < -0.39 is 10.0 Å². The number of methoxy groups -OCH3 is 1. The number of amides is 1. The van der Waals surface area contributed by atoms with Crippen molar-refractivity contribution in [2.24, 2.45) is 0 Å². The number of hydrogen-bond donors (Lipinski definition) is 1. The van der Waals surface area contributed by atoms with Crippen LogP contribution in [0.25, 0.3) is 0 Å². The van der Waals surface area contributed by atoms with Crippen molar-refractivity contribution in [3.8, 4) is 5.75 Å². The maximum atomic E-state index is 12.4. The van der Waals surface area contributed by atoms with Gasteiger partial charge in [0, 0.05) is 29.9 Å². The SMILES string of the molecule is COc1c(CCc2ccc(NS(C)(=O)=O)cc2)cc(N2CCCC2=O)cc1C(C)(C)C. The molecule has 0 spiro atoms.